The monoisotopic (exact) mass is 251 g/mol. The normalized spacial score (nSPS) is 12.8. The van der Waals surface area contributed by atoms with Gasteiger partial charge in [0.1, 0.15) is 5.52 Å². The first-order chi connectivity index (χ1) is 8.22. The van der Waals surface area contributed by atoms with Crippen LogP contribution in [0, 0.1) is 5.92 Å². The maximum absolute atomic E-state index is 8.84. The maximum Gasteiger partial charge on any atom is 0.106 e. The van der Waals surface area contributed by atoms with Gasteiger partial charge in [-0.25, -0.2) is 4.98 Å². The molecule has 0 amide bonds. The van der Waals surface area contributed by atoms with Crippen molar-refractivity contribution in [3.63, 3.8) is 0 Å². The molecule has 0 aliphatic rings. The zero-order chi connectivity index (χ0) is 12.3. The molecule has 0 bridgehead atoms. The van der Waals surface area contributed by atoms with E-state index in [2.05, 4.69) is 17.2 Å². The van der Waals surface area contributed by atoms with Gasteiger partial charge < -0.3 is 16.2 Å². The van der Waals surface area contributed by atoms with Gasteiger partial charge in [0.05, 0.1) is 21.6 Å². The van der Waals surface area contributed by atoms with Crippen LogP contribution in [0.25, 0.3) is 10.2 Å². The Bertz CT molecular complexity index is 497. The zero-order valence-electron chi connectivity index (χ0n) is 9.81. The number of nitrogen functional groups attached to an aromatic ring is 1. The molecule has 0 aliphatic heterocycles. The molecule has 1 heterocycles. The number of aliphatic hydroxyl groups is 1. The Morgan fingerprint density at radius 3 is 3.12 bits per heavy atom. The number of rotatable bonds is 5. The summed E-state index contributed by atoms with van der Waals surface area (Å²) in [5.41, 5.74) is 10.4. The number of anilines is 2. The molecule has 5 heteroatoms. The van der Waals surface area contributed by atoms with E-state index in [9.17, 15) is 0 Å². The second-order valence-corrected chi connectivity index (χ2v) is 5.11. The molecule has 0 saturated carbocycles. The SMILES string of the molecule is CC(CCO)CNc1ccc2scnc2c1N. The third-order valence-electron chi connectivity index (χ3n) is 2.80. The number of thiazole rings is 1. The van der Waals surface area contributed by atoms with E-state index >= 15 is 0 Å². The van der Waals surface area contributed by atoms with Gasteiger partial charge >= 0.3 is 0 Å². The summed E-state index contributed by atoms with van der Waals surface area (Å²) in [5, 5.41) is 12.1. The van der Waals surface area contributed by atoms with Crippen molar-refractivity contribution in [3.8, 4) is 0 Å². The number of aromatic nitrogens is 1. The minimum atomic E-state index is 0.226. The summed E-state index contributed by atoms with van der Waals surface area (Å²) in [6.45, 7) is 3.13. The number of aliphatic hydroxyl groups excluding tert-OH is 1. The van der Waals surface area contributed by atoms with Crippen LogP contribution < -0.4 is 11.1 Å². The van der Waals surface area contributed by atoms with Gasteiger partial charge in [-0.3, -0.25) is 0 Å². The molecule has 1 aromatic carbocycles. The lowest BCUT2D eigenvalue weighted by molar-refractivity contribution is 0.266. The summed E-state index contributed by atoms with van der Waals surface area (Å²) in [6, 6.07) is 4.02. The highest BCUT2D eigenvalue weighted by Crippen LogP contribution is 2.30. The summed E-state index contributed by atoms with van der Waals surface area (Å²) >= 11 is 1.59. The smallest absolute Gasteiger partial charge is 0.106 e. The third kappa shape index (κ3) is 2.68. The molecule has 4 nitrogen and oxygen atoms in total. The number of nitrogens with two attached hydrogens (primary N) is 1. The molecule has 4 N–H and O–H groups in total. The van der Waals surface area contributed by atoms with Crippen molar-refractivity contribution in [2.45, 2.75) is 13.3 Å². The van der Waals surface area contributed by atoms with Gasteiger partial charge in [-0.05, 0) is 24.5 Å². The van der Waals surface area contributed by atoms with E-state index in [4.69, 9.17) is 10.8 Å². The fourth-order valence-corrected chi connectivity index (χ4v) is 2.41. The Balaban J connectivity index is 2.10. The van der Waals surface area contributed by atoms with Gasteiger partial charge in [0.25, 0.3) is 0 Å². The van der Waals surface area contributed by atoms with E-state index in [0.717, 1.165) is 28.9 Å². The standard InChI is InChI=1S/C12H17N3OS/c1-8(4-5-16)6-14-9-2-3-10-12(11(9)13)15-7-17-10/h2-3,7-8,14,16H,4-6,13H2,1H3. The van der Waals surface area contributed by atoms with Crippen LogP contribution in [0.3, 0.4) is 0 Å². The van der Waals surface area contributed by atoms with Crippen molar-refractivity contribution in [2.24, 2.45) is 5.92 Å². The lowest BCUT2D eigenvalue weighted by Gasteiger charge is -2.14. The number of hydrogen-bond acceptors (Lipinski definition) is 5. The molecule has 2 rings (SSSR count). The van der Waals surface area contributed by atoms with Gasteiger partial charge in [0.15, 0.2) is 0 Å². The second-order valence-electron chi connectivity index (χ2n) is 4.22. The van der Waals surface area contributed by atoms with E-state index in [-0.39, 0.29) is 6.61 Å². The predicted molar refractivity (Wildman–Crippen MR) is 73.4 cm³/mol. The molecule has 0 saturated heterocycles. The number of nitrogens with zero attached hydrogens (tertiary/aromatic N) is 1. The van der Waals surface area contributed by atoms with E-state index < -0.39 is 0 Å². The highest BCUT2D eigenvalue weighted by atomic mass is 32.1. The average molecular weight is 251 g/mol. The Morgan fingerprint density at radius 1 is 1.53 bits per heavy atom. The first-order valence-corrected chi connectivity index (χ1v) is 6.56. The molecule has 0 fully saturated rings. The summed E-state index contributed by atoms with van der Waals surface area (Å²) in [7, 11) is 0. The Hall–Kier alpha value is -1.33. The summed E-state index contributed by atoms with van der Waals surface area (Å²) in [4.78, 5) is 4.26. The van der Waals surface area contributed by atoms with Gasteiger partial charge in [-0.2, -0.15) is 0 Å². The van der Waals surface area contributed by atoms with Gasteiger partial charge in [0.2, 0.25) is 0 Å². The Kier molecular flexibility index (Phi) is 3.81. The van der Waals surface area contributed by atoms with Crippen molar-refractivity contribution in [1.82, 2.24) is 4.98 Å². The maximum atomic E-state index is 8.84. The second kappa shape index (κ2) is 5.33. The lowest BCUT2D eigenvalue weighted by atomic mass is 10.1. The molecule has 17 heavy (non-hydrogen) atoms. The van der Waals surface area contributed by atoms with E-state index in [1.165, 1.54) is 0 Å². The van der Waals surface area contributed by atoms with Crippen LogP contribution in [0.15, 0.2) is 17.6 Å². The fraction of sp³-hybridized carbons (Fsp3) is 0.417. The zero-order valence-corrected chi connectivity index (χ0v) is 10.6. The highest BCUT2D eigenvalue weighted by Gasteiger charge is 2.07. The molecule has 1 aromatic heterocycles. The summed E-state index contributed by atoms with van der Waals surface area (Å²) in [5.74, 6) is 0.422. The molecular weight excluding hydrogens is 234 g/mol. The van der Waals surface area contributed by atoms with Crippen LogP contribution in [0.2, 0.25) is 0 Å². The number of fused-ring (bicyclic) bond motifs is 1. The predicted octanol–water partition coefficient (Wildman–Crippen LogP) is 2.31. The van der Waals surface area contributed by atoms with Crippen LogP contribution in [0.4, 0.5) is 11.4 Å². The Morgan fingerprint density at radius 2 is 2.35 bits per heavy atom. The fourth-order valence-electron chi connectivity index (χ4n) is 1.71. The average Bonchev–Trinajstić information content (AvgIpc) is 2.77. The summed E-state index contributed by atoms with van der Waals surface area (Å²) < 4.78 is 1.11. The Labute approximate surface area is 104 Å². The molecule has 0 spiro atoms. The quantitative estimate of drug-likeness (QED) is 0.713. The van der Waals surface area contributed by atoms with Crippen LogP contribution in [0.5, 0.6) is 0 Å². The third-order valence-corrected chi connectivity index (χ3v) is 3.60. The molecule has 1 atom stereocenters. The van der Waals surface area contributed by atoms with Crippen LogP contribution in [-0.2, 0) is 0 Å². The highest BCUT2D eigenvalue weighted by molar-refractivity contribution is 7.16. The van der Waals surface area contributed by atoms with E-state index in [0.29, 0.717) is 11.6 Å². The number of hydrogen-bond donors (Lipinski definition) is 3. The molecule has 92 valence electrons. The molecule has 1 unspecified atom stereocenters. The molecule has 0 aliphatic carbocycles. The minimum absolute atomic E-state index is 0.226. The molecule has 0 radical (unpaired) electrons. The van der Waals surface area contributed by atoms with Gasteiger partial charge in [-0.1, -0.05) is 6.92 Å². The van der Waals surface area contributed by atoms with Crippen molar-refractivity contribution in [1.29, 1.82) is 0 Å². The topological polar surface area (TPSA) is 71.2 Å². The van der Waals surface area contributed by atoms with E-state index in [1.807, 2.05) is 12.1 Å². The van der Waals surface area contributed by atoms with Crippen molar-refractivity contribution in [3.05, 3.63) is 17.6 Å². The number of nitrogens with one attached hydrogen (secondary N) is 1. The van der Waals surface area contributed by atoms with Crippen molar-refractivity contribution in [2.75, 3.05) is 24.2 Å². The largest absolute Gasteiger partial charge is 0.396 e. The minimum Gasteiger partial charge on any atom is -0.396 e. The lowest BCUT2D eigenvalue weighted by Crippen LogP contribution is -2.13. The number of benzene rings is 1. The van der Waals surface area contributed by atoms with Gasteiger partial charge in [-0.15, -0.1) is 11.3 Å². The molecular formula is C12H17N3OS. The van der Waals surface area contributed by atoms with Gasteiger partial charge in [0, 0.05) is 13.2 Å². The van der Waals surface area contributed by atoms with Crippen LogP contribution in [0.1, 0.15) is 13.3 Å². The van der Waals surface area contributed by atoms with Crippen molar-refractivity contribution < 1.29 is 5.11 Å². The van der Waals surface area contributed by atoms with Crippen LogP contribution in [-0.4, -0.2) is 23.2 Å². The summed E-state index contributed by atoms with van der Waals surface area (Å²) in [6.07, 6.45) is 0.797. The van der Waals surface area contributed by atoms with Crippen LogP contribution >= 0.6 is 11.3 Å². The van der Waals surface area contributed by atoms with Crippen molar-refractivity contribution >= 4 is 32.9 Å². The first kappa shape index (κ1) is 12.1. The first-order valence-electron chi connectivity index (χ1n) is 5.68. The van der Waals surface area contributed by atoms with E-state index in [1.54, 1.807) is 16.8 Å². The molecule has 2 aromatic rings.